The molecule has 2 atom stereocenters. The van der Waals surface area contributed by atoms with Gasteiger partial charge in [-0.05, 0) is 43.5 Å². The number of benzene rings is 1. The van der Waals surface area contributed by atoms with Gasteiger partial charge in [0.05, 0.1) is 6.04 Å². The first-order chi connectivity index (χ1) is 8.06. The van der Waals surface area contributed by atoms with Crippen LogP contribution in [0.3, 0.4) is 0 Å². The van der Waals surface area contributed by atoms with Gasteiger partial charge in [0, 0.05) is 11.4 Å². The van der Waals surface area contributed by atoms with Gasteiger partial charge in [-0.2, -0.15) is 0 Å². The van der Waals surface area contributed by atoms with Crippen LogP contribution in [0.1, 0.15) is 19.4 Å². The molecule has 2 nitrogen and oxygen atoms in total. The molecule has 0 spiro atoms. The SMILES string of the molecule is Cc1cc(F)ccc1NC1=NC(C)C(C)CS1. The molecule has 0 saturated carbocycles. The van der Waals surface area contributed by atoms with Gasteiger partial charge in [0.1, 0.15) is 5.82 Å². The van der Waals surface area contributed by atoms with Crippen LogP contribution in [-0.2, 0) is 0 Å². The molecule has 4 heteroatoms. The normalized spacial score (nSPS) is 24.4. The first kappa shape index (κ1) is 12.4. The summed E-state index contributed by atoms with van der Waals surface area (Å²) in [4.78, 5) is 4.60. The van der Waals surface area contributed by atoms with Crippen LogP contribution in [0, 0.1) is 18.7 Å². The maximum atomic E-state index is 13.0. The van der Waals surface area contributed by atoms with Gasteiger partial charge < -0.3 is 5.32 Å². The van der Waals surface area contributed by atoms with Crippen molar-refractivity contribution < 1.29 is 4.39 Å². The number of amidine groups is 1. The Morgan fingerprint density at radius 2 is 2.18 bits per heavy atom. The van der Waals surface area contributed by atoms with E-state index in [4.69, 9.17) is 0 Å². The Labute approximate surface area is 106 Å². The van der Waals surface area contributed by atoms with E-state index in [0.29, 0.717) is 12.0 Å². The molecule has 92 valence electrons. The number of halogens is 1. The van der Waals surface area contributed by atoms with Crippen molar-refractivity contribution in [3.05, 3.63) is 29.6 Å². The third-order valence-electron chi connectivity index (χ3n) is 3.06. The maximum absolute atomic E-state index is 13.0. The number of anilines is 1. The molecule has 2 rings (SSSR count). The highest BCUT2D eigenvalue weighted by Gasteiger charge is 2.19. The lowest BCUT2D eigenvalue weighted by molar-refractivity contribution is 0.537. The van der Waals surface area contributed by atoms with E-state index in [-0.39, 0.29) is 5.82 Å². The zero-order valence-corrected chi connectivity index (χ0v) is 11.1. The highest BCUT2D eigenvalue weighted by atomic mass is 32.2. The molecular formula is C13H17FN2S. The highest BCUT2D eigenvalue weighted by molar-refractivity contribution is 8.14. The maximum Gasteiger partial charge on any atom is 0.161 e. The largest absolute Gasteiger partial charge is 0.335 e. The second-order valence-electron chi connectivity index (χ2n) is 4.55. The van der Waals surface area contributed by atoms with E-state index in [1.165, 1.54) is 12.1 Å². The van der Waals surface area contributed by atoms with E-state index in [1.54, 1.807) is 17.8 Å². The molecule has 0 aromatic heterocycles. The number of aliphatic imine (C=N–C) groups is 1. The van der Waals surface area contributed by atoms with E-state index in [2.05, 4.69) is 24.2 Å². The van der Waals surface area contributed by atoms with Crippen LogP contribution in [0.5, 0.6) is 0 Å². The zero-order valence-electron chi connectivity index (χ0n) is 10.3. The summed E-state index contributed by atoms with van der Waals surface area (Å²) in [5.74, 6) is 1.49. The fourth-order valence-corrected chi connectivity index (χ4v) is 2.77. The number of hydrogen-bond donors (Lipinski definition) is 1. The van der Waals surface area contributed by atoms with Crippen LogP contribution in [0.15, 0.2) is 23.2 Å². The molecule has 1 aliphatic heterocycles. The van der Waals surface area contributed by atoms with Crippen LogP contribution >= 0.6 is 11.8 Å². The predicted octanol–water partition coefficient (Wildman–Crippen LogP) is 3.67. The lowest BCUT2D eigenvalue weighted by atomic mass is 10.1. The van der Waals surface area contributed by atoms with Gasteiger partial charge in [-0.25, -0.2) is 4.39 Å². The van der Waals surface area contributed by atoms with Crippen LogP contribution < -0.4 is 5.32 Å². The summed E-state index contributed by atoms with van der Waals surface area (Å²) >= 11 is 1.73. The Hall–Kier alpha value is -1.03. The minimum absolute atomic E-state index is 0.201. The van der Waals surface area contributed by atoms with E-state index in [0.717, 1.165) is 22.2 Å². The van der Waals surface area contributed by atoms with E-state index >= 15 is 0 Å². The number of hydrogen-bond acceptors (Lipinski definition) is 3. The topological polar surface area (TPSA) is 24.4 Å². The molecular weight excluding hydrogens is 235 g/mol. The van der Waals surface area contributed by atoms with E-state index in [9.17, 15) is 4.39 Å². The number of nitrogens with zero attached hydrogens (tertiary/aromatic N) is 1. The molecule has 1 heterocycles. The summed E-state index contributed by atoms with van der Waals surface area (Å²) in [6.07, 6.45) is 0. The summed E-state index contributed by atoms with van der Waals surface area (Å²) in [6, 6.07) is 5.11. The fraction of sp³-hybridized carbons (Fsp3) is 0.462. The van der Waals surface area contributed by atoms with E-state index < -0.39 is 0 Å². The van der Waals surface area contributed by atoms with Gasteiger partial charge in [0.25, 0.3) is 0 Å². The van der Waals surface area contributed by atoms with Gasteiger partial charge in [-0.15, -0.1) is 0 Å². The Morgan fingerprint density at radius 1 is 1.41 bits per heavy atom. The molecule has 0 fully saturated rings. The second kappa shape index (κ2) is 5.08. The Balaban J connectivity index is 2.13. The zero-order chi connectivity index (χ0) is 12.4. The lowest BCUT2D eigenvalue weighted by Crippen LogP contribution is -2.25. The van der Waals surface area contributed by atoms with Crippen LogP contribution in [-0.4, -0.2) is 17.0 Å². The molecule has 1 N–H and O–H groups in total. The molecule has 17 heavy (non-hydrogen) atoms. The first-order valence-corrected chi connectivity index (χ1v) is 6.78. The van der Waals surface area contributed by atoms with Crippen LogP contribution in [0.2, 0.25) is 0 Å². The number of rotatable bonds is 1. The van der Waals surface area contributed by atoms with Gasteiger partial charge in [0.15, 0.2) is 5.17 Å². The van der Waals surface area contributed by atoms with Crippen molar-refractivity contribution in [1.29, 1.82) is 0 Å². The average molecular weight is 252 g/mol. The number of aryl methyl sites for hydroxylation is 1. The predicted molar refractivity (Wildman–Crippen MR) is 73.3 cm³/mol. The highest BCUT2D eigenvalue weighted by Crippen LogP contribution is 2.25. The standard InChI is InChI=1S/C13H17FN2S/c1-8-6-11(14)4-5-12(8)16-13-15-10(3)9(2)7-17-13/h4-6,9-10H,7H2,1-3H3,(H,15,16). The van der Waals surface area contributed by atoms with Crippen LogP contribution in [0.25, 0.3) is 0 Å². The molecule has 0 radical (unpaired) electrons. The summed E-state index contributed by atoms with van der Waals surface area (Å²) in [5.41, 5.74) is 1.83. The monoisotopic (exact) mass is 252 g/mol. The summed E-state index contributed by atoms with van der Waals surface area (Å²) in [7, 11) is 0. The second-order valence-corrected chi connectivity index (χ2v) is 5.56. The van der Waals surface area contributed by atoms with E-state index in [1.807, 2.05) is 6.92 Å². The van der Waals surface area contributed by atoms with Crippen LogP contribution in [0.4, 0.5) is 10.1 Å². The van der Waals surface area contributed by atoms with Crippen molar-refractivity contribution in [3.63, 3.8) is 0 Å². The molecule has 2 unspecified atom stereocenters. The molecule has 0 bridgehead atoms. The smallest absolute Gasteiger partial charge is 0.161 e. The summed E-state index contributed by atoms with van der Waals surface area (Å²) in [6.45, 7) is 6.23. The summed E-state index contributed by atoms with van der Waals surface area (Å²) < 4.78 is 13.0. The van der Waals surface area contributed by atoms with Crippen molar-refractivity contribution in [3.8, 4) is 0 Å². The molecule has 1 aromatic rings. The average Bonchev–Trinajstić information content (AvgIpc) is 2.27. The lowest BCUT2D eigenvalue weighted by Gasteiger charge is -2.24. The van der Waals surface area contributed by atoms with Gasteiger partial charge in [-0.3, -0.25) is 4.99 Å². The quantitative estimate of drug-likeness (QED) is 0.824. The molecule has 1 aliphatic rings. The fourth-order valence-electron chi connectivity index (χ4n) is 1.65. The Morgan fingerprint density at radius 3 is 2.82 bits per heavy atom. The number of nitrogens with one attached hydrogen (secondary N) is 1. The Bertz CT molecular complexity index is 445. The van der Waals surface area contributed by atoms with Gasteiger partial charge >= 0.3 is 0 Å². The summed E-state index contributed by atoms with van der Waals surface area (Å²) in [5, 5.41) is 4.21. The molecule has 1 aromatic carbocycles. The minimum atomic E-state index is -0.201. The third kappa shape index (κ3) is 3.00. The molecule has 0 aliphatic carbocycles. The molecule has 0 saturated heterocycles. The minimum Gasteiger partial charge on any atom is -0.335 e. The van der Waals surface area contributed by atoms with Gasteiger partial charge in [0.2, 0.25) is 0 Å². The number of thioether (sulfide) groups is 1. The Kier molecular flexibility index (Phi) is 3.72. The third-order valence-corrected chi connectivity index (χ3v) is 4.23. The van der Waals surface area contributed by atoms with Gasteiger partial charge in [-0.1, -0.05) is 18.7 Å². The van der Waals surface area contributed by atoms with Crippen molar-refractivity contribution in [1.82, 2.24) is 0 Å². The first-order valence-electron chi connectivity index (χ1n) is 5.80. The van der Waals surface area contributed by atoms with Crippen molar-refractivity contribution in [2.24, 2.45) is 10.9 Å². The van der Waals surface area contributed by atoms with Crippen molar-refractivity contribution in [2.75, 3.05) is 11.1 Å². The van der Waals surface area contributed by atoms with Crippen molar-refractivity contribution >= 4 is 22.6 Å². The van der Waals surface area contributed by atoms with Crippen molar-refractivity contribution in [2.45, 2.75) is 26.8 Å². The molecule has 0 amide bonds.